The van der Waals surface area contributed by atoms with Crippen molar-refractivity contribution in [3.8, 4) is 22.3 Å². The molecule has 11 aromatic rings. The molecule has 1 heterocycles. The highest BCUT2D eigenvalue weighted by Gasteiger charge is 2.21. The molecule has 3 nitrogen and oxygen atoms in total. The van der Waals surface area contributed by atoms with Gasteiger partial charge in [0.15, 0.2) is 0 Å². The van der Waals surface area contributed by atoms with E-state index in [1.165, 1.54) is 32.0 Å². The number of rotatable bonds is 9. The first-order valence-electron chi connectivity index (χ1n) is 20.6. The first-order chi connectivity index (χ1) is 30.2. The number of hydrogen-bond donors (Lipinski definition) is 0. The summed E-state index contributed by atoms with van der Waals surface area (Å²) in [5.41, 5.74) is 13.0. The predicted molar refractivity (Wildman–Crippen MR) is 261 cm³/mol. The molecule has 0 fully saturated rings. The van der Waals surface area contributed by atoms with Gasteiger partial charge in [0, 0.05) is 55.1 Å². The van der Waals surface area contributed by atoms with Gasteiger partial charge in [-0.1, -0.05) is 133 Å². The molecule has 0 aliphatic rings. The van der Waals surface area contributed by atoms with E-state index in [1.807, 2.05) is 12.1 Å². The normalized spacial score (nSPS) is 11.4. The number of nitrogens with zero attached hydrogens (tertiary/aromatic N) is 2. The second kappa shape index (κ2) is 15.6. The fraction of sp³-hybridized carbons (Fsp3) is 0.0175. The monoisotopic (exact) mass is 800 g/mol. The third-order valence-corrected chi connectivity index (χ3v) is 12.5. The van der Waals surface area contributed by atoms with Crippen molar-refractivity contribution in [2.45, 2.75) is 4.90 Å². The number of fused-ring (bicyclic) bond motifs is 5. The Morgan fingerprint density at radius 2 is 0.951 bits per heavy atom. The molecule has 0 aliphatic heterocycles. The van der Waals surface area contributed by atoms with Crippen LogP contribution in [0.3, 0.4) is 0 Å². The molecule has 0 bridgehead atoms. The van der Waals surface area contributed by atoms with Crippen molar-refractivity contribution in [1.29, 1.82) is 0 Å². The van der Waals surface area contributed by atoms with Crippen LogP contribution in [0.2, 0.25) is 0 Å². The highest BCUT2D eigenvalue weighted by molar-refractivity contribution is 7.98. The van der Waals surface area contributed by atoms with E-state index in [9.17, 15) is 0 Å². The molecule has 0 unspecified atom stereocenters. The zero-order chi connectivity index (χ0) is 40.7. The summed E-state index contributed by atoms with van der Waals surface area (Å²) in [7, 11) is 0. The van der Waals surface area contributed by atoms with Gasteiger partial charge in [-0.25, -0.2) is 0 Å². The standard InChI is InChI=1S/C57H40N2OS/c1-61-56-25-13-17-41-16-12-23-50(57(41)56)51-37-43(29-34-53(51)59(45-20-6-3-7-21-45)47-32-28-39-14-8-9-15-42(39)36-47)40-26-30-46(31-27-40)58(44-18-4-2-5-19-44)48-33-35-55-52(38-48)49-22-10-11-24-54(49)60-55/h2-38H,1H3. The largest absolute Gasteiger partial charge is 0.456 e. The van der Waals surface area contributed by atoms with Crippen molar-refractivity contribution >= 4 is 89.4 Å². The molecule has 0 atom stereocenters. The van der Waals surface area contributed by atoms with Crippen molar-refractivity contribution in [1.82, 2.24) is 0 Å². The third-order valence-electron chi connectivity index (χ3n) is 11.7. The predicted octanol–water partition coefficient (Wildman–Crippen LogP) is 16.9. The summed E-state index contributed by atoms with van der Waals surface area (Å²) in [5.74, 6) is 0. The van der Waals surface area contributed by atoms with Crippen molar-refractivity contribution in [3.05, 3.63) is 224 Å². The highest BCUT2D eigenvalue weighted by atomic mass is 32.2. The Morgan fingerprint density at radius 3 is 1.74 bits per heavy atom. The van der Waals surface area contributed by atoms with Crippen molar-refractivity contribution in [2.24, 2.45) is 0 Å². The Labute approximate surface area is 359 Å². The smallest absolute Gasteiger partial charge is 0.135 e. The number of furan rings is 1. The maximum atomic E-state index is 6.21. The van der Waals surface area contributed by atoms with E-state index in [4.69, 9.17) is 4.42 Å². The summed E-state index contributed by atoms with van der Waals surface area (Å²) in [6.45, 7) is 0. The summed E-state index contributed by atoms with van der Waals surface area (Å²) in [4.78, 5) is 5.99. The molecule has 0 saturated carbocycles. The van der Waals surface area contributed by atoms with Gasteiger partial charge in [0.2, 0.25) is 0 Å². The summed E-state index contributed by atoms with van der Waals surface area (Å²) in [6.07, 6.45) is 2.17. The van der Waals surface area contributed by atoms with Crippen LogP contribution >= 0.6 is 11.8 Å². The SMILES string of the molecule is CSc1cccc2cccc(-c3cc(-c4ccc(N(c5ccccc5)c5ccc6oc7ccccc7c6c5)cc4)ccc3N(c3ccccc3)c3ccc4ccccc4c3)c12. The number of hydrogen-bond acceptors (Lipinski definition) is 4. The Bertz CT molecular complexity index is 3350. The van der Waals surface area contributed by atoms with Gasteiger partial charge < -0.3 is 14.2 Å². The second-order valence-electron chi connectivity index (χ2n) is 15.3. The topological polar surface area (TPSA) is 19.6 Å². The highest BCUT2D eigenvalue weighted by Crippen LogP contribution is 2.47. The van der Waals surface area contributed by atoms with E-state index in [2.05, 4.69) is 228 Å². The molecule has 0 aliphatic carbocycles. The van der Waals surface area contributed by atoms with Crippen LogP contribution in [0.4, 0.5) is 34.1 Å². The zero-order valence-electron chi connectivity index (χ0n) is 33.6. The van der Waals surface area contributed by atoms with E-state index in [1.54, 1.807) is 11.8 Å². The quantitative estimate of drug-likeness (QED) is 0.135. The molecule has 290 valence electrons. The van der Waals surface area contributed by atoms with Gasteiger partial charge in [0.25, 0.3) is 0 Å². The zero-order valence-corrected chi connectivity index (χ0v) is 34.4. The third kappa shape index (κ3) is 6.68. The minimum atomic E-state index is 0.884. The van der Waals surface area contributed by atoms with Gasteiger partial charge in [0.1, 0.15) is 11.2 Å². The minimum absolute atomic E-state index is 0.884. The van der Waals surface area contributed by atoms with Crippen molar-refractivity contribution in [3.63, 3.8) is 0 Å². The average molecular weight is 801 g/mol. The molecule has 61 heavy (non-hydrogen) atoms. The lowest BCUT2D eigenvalue weighted by Gasteiger charge is -2.29. The molecule has 0 spiro atoms. The number of anilines is 6. The summed E-state index contributed by atoms with van der Waals surface area (Å²) in [5, 5.41) is 7.13. The van der Waals surface area contributed by atoms with Gasteiger partial charge in [0.05, 0.1) is 5.69 Å². The van der Waals surface area contributed by atoms with Crippen LogP contribution in [0.15, 0.2) is 234 Å². The summed E-state index contributed by atoms with van der Waals surface area (Å²) >= 11 is 1.79. The van der Waals surface area contributed by atoms with Gasteiger partial charge in [-0.2, -0.15) is 0 Å². The fourth-order valence-electron chi connectivity index (χ4n) is 8.83. The summed E-state index contributed by atoms with van der Waals surface area (Å²) < 4.78 is 6.21. The molecular formula is C57H40N2OS. The number of thioether (sulfide) groups is 1. The fourth-order valence-corrected chi connectivity index (χ4v) is 9.47. The second-order valence-corrected chi connectivity index (χ2v) is 16.1. The van der Waals surface area contributed by atoms with Crippen LogP contribution in [-0.4, -0.2) is 6.26 Å². The minimum Gasteiger partial charge on any atom is -0.456 e. The molecule has 0 N–H and O–H groups in total. The van der Waals surface area contributed by atoms with Crippen molar-refractivity contribution < 1.29 is 4.42 Å². The molecule has 0 radical (unpaired) electrons. The lowest BCUT2D eigenvalue weighted by molar-refractivity contribution is 0.669. The Hall–Kier alpha value is -7.53. The van der Waals surface area contributed by atoms with Crippen LogP contribution < -0.4 is 9.80 Å². The maximum Gasteiger partial charge on any atom is 0.135 e. The van der Waals surface area contributed by atoms with E-state index < -0.39 is 0 Å². The molecule has 0 saturated heterocycles. The lowest BCUT2D eigenvalue weighted by atomic mass is 9.92. The van der Waals surface area contributed by atoms with E-state index >= 15 is 0 Å². The van der Waals surface area contributed by atoms with Crippen LogP contribution in [0.5, 0.6) is 0 Å². The first-order valence-corrected chi connectivity index (χ1v) is 21.8. The van der Waals surface area contributed by atoms with Crippen LogP contribution in [0.25, 0.3) is 65.7 Å². The van der Waals surface area contributed by atoms with Crippen LogP contribution in [0, 0.1) is 0 Å². The number of para-hydroxylation sites is 3. The summed E-state index contributed by atoms with van der Waals surface area (Å²) in [6, 6.07) is 80.7. The lowest BCUT2D eigenvalue weighted by Crippen LogP contribution is -2.11. The van der Waals surface area contributed by atoms with Gasteiger partial charge >= 0.3 is 0 Å². The van der Waals surface area contributed by atoms with Crippen LogP contribution in [-0.2, 0) is 0 Å². The molecular weight excluding hydrogens is 761 g/mol. The van der Waals surface area contributed by atoms with Gasteiger partial charge in [-0.05, 0) is 130 Å². The first kappa shape index (κ1) is 36.5. The average Bonchev–Trinajstić information content (AvgIpc) is 3.70. The maximum absolute atomic E-state index is 6.21. The molecule has 0 amide bonds. The van der Waals surface area contributed by atoms with E-state index in [0.29, 0.717) is 0 Å². The Kier molecular flexibility index (Phi) is 9.33. The molecule has 11 rings (SSSR count). The molecule has 1 aromatic heterocycles. The van der Waals surface area contributed by atoms with Crippen molar-refractivity contribution in [2.75, 3.05) is 16.1 Å². The molecule has 10 aromatic carbocycles. The Morgan fingerprint density at radius 1 is 0.361 bits per heavy atom. The molecule has 4 heteroatoms. The number of benzene rings is 10. The Balaban J connectivity index is 1.07. The van der Waals surface area contributed by atoms with E-state index in [-0.39, 0.29) is 0 Å². The van der Waals surface area contributed by atoms with Gasteiger partial charge in [-0.3, -0.25) is 0 Å². The van der Waals surface area contributed by atoms with Gasteiger partial charge in [-0.15, -0.1) is 11.8 Å². The van der Waals surface area contributed by atoms with Crippen LogP contribution in [0.1, 0.15) is 0 Å². The van der Waals surface area contributed by atoms with E-state index in [0.717, 1.165) is 72.8 Å².